The minimum Gasteiger partial charge on any atom is -0.310 e. The number of nitrogens with zero attached hydrogens (tertiary/aromatic N) is 2. The first kappa shape index (κ1) is 14.9. The van der Waals surface area contributed by atoms with Gasteiger partial charge < -0.3 is 5.32 Å². The van der Waals surface area contributed by atoms with Gasteiger partial charge in [-0.05, 0) is 38.3 Å². The summed E-state index contributed by atoms with van der Waals surface area (Å²) in [6.07, 6.45) is 5.27. The van der Waals surface area contributed by atoms with E-state index in [-0.39, 0.29) is 0 Å². The largest absolute Gasteiger partial charge is 0.310 e. The number of hydrogen-bond acceptors (Lipinski definition) is 4. The Hall–Kier alpha value is -0.450. The highest BCUT2D eigenvalue weighted by molar-refractivity contribution is 7.09. The van der Waals surface area contributed by atoms with Gasteiger partial charge in [0, 0.05) is 25.0 Å². The lowest BCUT2D eigenvalue weighted by Crippen LogP contribution is -2.34. The van der Waals surface area contributed by atoms with Crippen molar-refractivity contribution in [2.24, 2.45) is 5.92 Å². The van der Waals surface area contributed by atoms with Gasteiger partial charge in [-0.2, -0.15) is 0 Å². The molecule has 1 aromatic rings. The second kappa shape index (κ2) is 7.98. The fraction of sp³-hybridized carbons (Fsp3) is 0.800. The molecule has 19 heavy (non-hydrogen) atoms. The average Bonchev–Trinajstić information content (AvgIpc) is 2.87. The maximum Gasteiger partial charge on any atom is 0.107 e. The highest BCUT2D eigenvalue weighted by Gasteiger charge is 2.19. The summed E-state index contributed by atoms with van der Waals surface area (Å²) in [7, 11) is 0. The standard InChI is InChI=1S/C15H27N3S/c1-3-7-16-9-15-17-14(12-19-15)11-18-8-5-6-13(4-2)10-18/h12-13,16H,3-11H2,1-2H3. The molecule has 0 amide bonds. The molecule has 0 aromatic carbocycles. The van der Waals surface area contributed by atoms with Crippen molar-refractivity contribution in [2.45, 2.75) is 52.6 Å². The van der Waals surface area contributed by atoms with E-state index >= 15 is 0 Å². The van der Waals surface area contributed by atoms with Crippen LogP contribution in [-0.2, 0) is 13.1 Å². The molecule has 1 aliphatic heterocycles. The zero-order chi connectivity index (χ0) is 13.5. The Bertz CT molecular complexity index is 364. The lowest BCUT2D eigenvalue weighted by molar-refractivity contribution is 0.163. The Labute approximate surface area is 121 Å². The molecule has 3 nitrogen and oxygen atoms in total. The van der Waals surface area contributed by atoms with Crippen LogP contribution in [0.15, 0.2) is 5.38 Å². The van der Waals surface area contributed by atoms with Crippen LogP contribution in [0.3, 0.4) is 0 Å². The predicted octanol–water partition coefficient (Wildman–Crippen LogP) is 3.26. The Morgan fingerprint density at radius 2 is 2.37 bits per heavy atom. The van der Waals surface area contributed by atoms with Gasteiger partial charge in [-0.3, -0.25) is 4.90 Å². The highest BCUT2D eigenvalue weighted by atomic mass is 32.1. The van der Waals surface area contributed by atoms with Crippen molar-refractivity contribution in [3.05, 3.63) is 16.1 Å². The minimum absolute atomic E-state index is 0.901. The summed E-state index contributed by atoms with van der Waals surface area (Å²) in [5.74, 6) is 0.901. The third kappa shape index (κ3) is 4.86. The third-order valence-corrected chi connectivity index (χ3v) is 4.77. The van der Waals surface area contributed by atoms with Gasteiger partial charge in [0.05, 0.1) is 5.69 Å². The number of hydrogen-bond donors (Lipinski definition) is 1. The summed E-state index contributed by atoms with van der Waals surface area (Å²) in [4.78, 5) is 7.32. The summed E-state index contributed by atoms with van der Waals surface area (Å²) >= 11 is 1.79. The molecule has 0 bridgehead atoms. The number of piperidine rings is 1. The van der Waals surface area contributed by atoms with Gasteiger partial charge in [-0.15, -0.1) is 11.3 Å². The maximum absolute atomic E-state index is 4.74. The number of likely N-dealkylation sites (tertiary alicyclic amines) is 1. The van der Waals surface area contributed by atoms with Crippen LogP contribution in [0.2, 0.25) is 0 Å². The summed E-state index contributed by atoms with van der Waals surface area (Å²) < 4.78 is 0. The maximum atomic E-state index is 4.74. The molecular formula is C15H27N3S. The summed E-state index contributed by atoms with van der Waals surface area (Å²) in [6, 6.07) is 0. The van der Waals surface area contributed by atoms with E-state index in [9.17, 15) is 0 Å². The predicted molar refractivity (Wildman–Crippen MR) is 82.4 cm³/mol. The molecule has 4 heteroatoms. The molecule has 2 heterocycles. The molecule has 1 N–H and O–H groups in total. The Kier molecular flexibility index (Phi) is 6.28. The zero-order valence-corrected chi connectivity index (χ0v) is 13.1. The van der Waals surface area contributed by atoms with Crippen LogP contribution in [0.25, 0.3) is 0 Å². The van der Waals surface area contributed by atoms with E-state index in [1.165, 1.54) is 49.5 Å². The minimum atomic E-state index is 0.901. The monoisotopic (exact) mass is 281 g/mol. The van der Waals surface area contributed by atoms with Crippen LogP contribution >= 0.6 is 11.3 Å². The second-order valence-electron chi connectivity index (χ2n) is 5.56. The normalized spacial score (nSPS) is 20.8. The van der Waals surface area contributed by atoms with E-state index < -0.39 is 0 Å². The van der Waals surface area contributed by atoms with E-state index in [1.807, 2.05) is 0 Å². The van der Waals surface area contributed by atoms with Crippen molar-refractivity contribution >= 4 is 11.3 Å². The van der Waals surface area contributed by atoms with Crippen molar-refractivity contribution in [2.75, 3.05) is 19.6 Å². The van der Waals surface area contributed by atoms with Gasteiger partial charge in [0.2, 0.25) is 0 Å². The molecule has 1 unspecified atom stereocenters. The zero-order valence-electron chi connectivity index (χ0n) is 12.3. The fourth-order valence-corrected chi connectivity index (χ4v) is 3.49. The van der Waals surface area contributed by atoms with E-state index in [2.05, 4.69) is 29.4 Å². The van der Waals surface area contributed by atoms with Crippen LogP contribution in [0.1, 0.15) is 50.2 Å². The molecule has 0 saturated carbocycles. The lowest BCUT2D eigenvalue weighted by atomic mass is 9.96. The molecule has 1 aromatic heterocycles. The first-order chi connectivity index (χ1) is 9.31. The molecule has 1 fully saturated rings. The van der Waals surface area contributed by atoms with Crippen molar-refractivity contribution in [1.29, 1.82) is 0 Å². The lowest BCUT2D eigenvalue weighted by Gasteiger charge is -2.31. The third-order valence-electron chi connectivity index (χ3n) is 3.87. The van der Waals surface area contributed by atoms with Crippen LogP contribution < -0.4 is 5.32 Å². The van der Waals surface area contributed by atoms with E-state index in [0.29, 0.717) is 0 Å². The molecule has 108 valence electrons. The van der Waals surface area contributed by atoms with Crippen LogP contribution in [-0.4, -0.2) is 29.5 Å². The fourth-order valence-electron chi connectivity index (χ4n) is 2.73. The van der Waals surface area contributed by atoms with Crippen molar-refractivity contribution < 1.29 is 0 Å². The molecule has 0 spiro atoms. The number of thiazole rings is 1. The average molecular weight is 281 g/mol. The van der Waals surface area contributed by atoms with E-state index in [4.69, 9.17) is 4.98 Å². The number of aromatic nitrogens is 1. The highest BCUT2D eigenvalue weighted by Crippen LogP contribution is 2.21. The molecular weight excluding hydrogens is 254 g/mol. The van der Waals surface area contributed by atoms with E-state index in [1.54, 1.807) is 11.3 Å². The van der Waals surface area contributed by atoms with Crippen LogP contribution in [0.5, 0.6) is 0 Å². The summed E-state index contributed by atoms with van der Waals surface area (Å²) in [5, 5.41) is 6.88. The molecule has 1 saturated heterocycles. The van der Waals surface area contributed by atoms with Crippen molar-refractivity contribution in [3.8, 4) is 0 Å². The first-order valence-electron chi connectivity index (χ1n) is 7.68. The number of nitrogens with one attached hydrogen (secondary N) is 1. The van der Waals surface area contributed by atoms with Gasteiger partial charge in [0.1, 0.15) is 5.01 Å². The Balaban J connectivity index is 1.78. The molecule has 0 aliphatic carbocycles. The van der Waals surface area contributed by atoms with E-state index in [0.717, 1.165) is 25.6 Å². The van der Waals surface area contributed by atoms with Crippen LogP contribution in [0.4, 0.5) is 0 Å². The summed E-state index contributed by atoms with van der Waals surface area (Å²) in [5.41, 5.74) is 1.26. The molecule has 2 rings (SSSR count). The Morgan fingerprint density at radius 1 is 1.47 bits per heavy atom. The van der Waals surface area contributed by atoms with Gasteiger partial charge in [0.25, 0.3) is 0 Å². The van der Waals surface area contributed by atoms with Gasteiger partial charge in [-0.1, -0.05) is 20.3 Å². The molecule has 1 aliphatic rings. The first-order valence-corrected chi connectivity index (χ1v) is 8.56. The molecule has 0 radical (unpaired) electrons. The second-order valence-corrected chi connectivity index (χ2v) is 6.50. The topological polar surface area (TPSA) is 28.2 Å². The smallest absolute Gasteiger partial charge is 0.107 e. The molecule has 1 atom stereocenters. The van der Waals surface area contributed by atoms with Gasteiger partial charge >= 0.3 is 0 Å². The SMILES string of the molecule is CCCNCc1nc(CN2CCCC(CC)C2)cs1. The Morgan fingerprint density at radius 3 is 3.16 bits per heavy atom. The van der Waals surface area contributed by atoms with Crippen molar-refractivity contribution in [1.82, 2.24) is 15.2 Å². The van der Waals surface area contributed by atoms with Gasteiger partial charge in [-0.25, -0.2) is 4.98 Å². The van der Waals surface area contributed by atoms with Crippen LogP contribution in [0, 0.1) is 5.92 Å². The van der Waals surface area contributed by atoms with Crippen molar-refractivity contribution in [3.63, 3.8) is 0 Å². The summed E-state index contributed by atoms with van der Waals surface area (Å²) in [6.45, 7) is 10.1. The quantitative estimate of drug-likeness (QED) is 0.778. The van der Waals surface area contributed by atoms with Gasteiger partial charge in [0.15, 0.2) is 0 Å². The number of rotatable bonds is 7.